The summed E-state index contributed by atoms with van der Waals surface area (Å²) in [7, 11) is 1.65. The van der Waals surface area contributed by atoms with E-state index in [1.54, 1.807) is 37.4 Å². The first-order valence-electron chi connectivity index (χ1n) is 8.19. The van der Waals surface area contributed by atoms with Crippen molar-refractivity contribution >= 4 is 16.9 Å². The lowest BCUT2D eigenvalue weighted by Crippen LogP contribution is -2.30. The van der Waals surface area contributed by atoms with Crippen LogP contribution in [-0.2, 0) is 6.54 Å². The lowest BCUT2D eigenvalue weighted by Gasteiger charge is -2.17. The summed E-state index contributed by atoms with van der Waals surface area (Å²) in [6.45, 7) is 4.41. The van der Waals surface area contributed by atoms with Crippen LogP contribution in [0.4, 0.5) is 0 Å². The van der Waals surface area contributed by atoms with Crippen LogP contribution in [0.2, 0.25) is 0 Å². The molecule has 0 spiro atoms. The quantitative estimate of drug-likeness (QED) is 0.504. The van der Waals surface area contributed by atoms with Crippen LogP contribution in [0.3, 0.4) is 0 Å². The van der Waals surface area contributed by atoms with Crippen LogP contribution in [0.5, 0.6) is 5.75 Å². The Morgan fingerprint density at radius 3 is 2.65 bits per heavy atom. The normalized spacial score (nSPS) is 10.5. The van der Waals surface area contributed by atoms with Gasteiger partial charge in [0.15, 0.2) is 0 Å². The number of hydrogen-bond donors (Lipinski definition) is 0. The zero-order chi connectivity index (χ0) is 18.5. The molecule has 3 rings (SSSR count). The van der Waals surface area contributed by atoms with Crippen molar-refractivity contribution in [1.82, 2.24) is 4.90 Å². The fourth-order valence-corrected chi connectivity index (χ4v) is 2.61. The van der Waals surface area contributed by atoms with Gasteiger partial charge in [-0.3, -0.25) is 4.79 Å². The minimum atomic E-state index is -0.631. The molecule has 0 aliphatic heterocycles. The van der Waals surface area contributed by atoms with Crippen LogP contribution in [0.1, 0.15) is 15.9 Å². The second kappa shape index (κ2) is 7.70. The van der Waals surface area contributed by atoms with Crippen molar-refractivity contribution in [2.75, 3.05) is 13.7 Å². The molecule has 1 aromatic heterocycles. The highest BCUT2D eigenvalue weighted by molar-refractivity contribution is 5.96. The van der Waals surface area contributed by atoms with Crippen LogP contribution in [-0.4, -0.2) is 24.5 Å². The van der Waals surface area contributed by atoms with E-state index in [0.717, 1.165) is 11.3 Å². The maximum absolute atomic E-state index is 12.7. The zero-order valence-corrected chi connectivity index (χ0v) is 14.5. The standard InChI is InChI=1S/C21H19NO4/c1-3-12-25-17-10-8-15(9-11-17)14-22(2)20(23)18-13-16-6-4-5-7-19(16)26-21(18)24/h3-11,13H,1,12,14H2,2H3. The molecule has 0 aliphatic carbocycles. The van der Waals surface area contributed by atoms with Gasteiger partial charge in [0.05, 0.1) is 0 Å². The summed E-state index contributed by atoms with van der Waals surface area (Å²) >= 11 is 0. The SMILES string of the molecule is C=CCOc1ccc(CN(C)C(=O)c2cc3ccccc3oc2=O)cc1. The number of benzene rings is 2. The highest BCUT2D eigenvalue weighted by Gasteiger charge is 2.18. The summed E-state index contributed by atoms with van der Waals surface area (Å²) in [6, 6.07) is 16.1. The predicted octanol–water partition coefficient (Wildman–Crippen LogP) is 3.63. The molecule has 0 atom stereocenters. The Labute approximate surface area is 151 Å². The highest BCUT2D eigenvalue weighted by atomic mass is 16.5. The van der Waals surface area contributed by atoms with Crippen LogP contribution in [0.25, 0.3) is 11.0 Å². The third-order valence-corrected chi connectivity index (χ3v) is 3.93. The monoisotopic (exact) mass is 349 g/mol. The Morgan fingerprint density at radius 1 is 1.19 bits per heavy atom. The number of para-hydroxylation sites is 1. The van der Waals surface area contributed by atoms with E-state index < -0.39 is 5.63 Å². The fraction of sp³-hybridized carbons (Fsp3) is 0.143. The molecule has 0 fully saturated rings. The summed E-state index contributed by atoms with van der Waals surface area (Å²) in [4.78, 5) is 26.3. The Hall–Kier alpha value is -3.34. The average molecular weight is 349 g/mol. The molecular formula is C21H19NO4. The van der Waals surface area contributed by atoms with Gasteiger partial charge >= 0.3 is 5.63 Å². The molecule has 1 amide bonds. The summed E-state index contributed by atoms with van der Waals surface area (Å²) in [6.07, 6.45) is 1.68. The van der Waals surface area contributed by atoms with Gasteiger partial charge in [-0.2, -0.15) is 0 Å². The first kappa shape index (κ1) is 17.5. The number of fused-ring (bicyclic) bond motifs is 1. The molecule has 5 heteroatoms. The van der Waals surface area contributed by atoms with Crippen molar-refractivity contribution in [2.24, 2.45) is 0 Å². The smallest absolute Gasteiger partial charge is 0.349 e. The molecule has 2 aromatic carbocycles. The molecule has 3 aromatic rings. The maximum Gasteiger partial charge on any atom is 0.349 e. The summed E-state index contributed by atoms with van der Waals surface area (Å²) in [5, 5.41) is 0.715. The van der Waals surface area contributed by atoms with Gasteiger partial charge in [0.25, 0.3) is 5.91 Å². The van der Waals surface area contributed by atoms with E-state index in [9.17, 15) is 9.59 Å². The Balaban J connectivity index is 1.76. The third-order valence-electron chi connectivity index (χ3n) is 3.93. The Kier molecular flexibility index (Phi) is 5.17. The van der Waals surface area contributed by atoms with Crippen molar-refractivity contribution in [3.8, 4) is 5.75 Å². The Morgan fingerprint density at radius 2 is 1.92 bits per heavy atom. The molecule has 0 unspecified atom stereocenters. The first-order chi connectivity index (χ1) is 12.6. The van der Waals surface area contributed by atoms with E-state index in [-0.39, 0.29) is 11.5 Å². The second-order valence-corrected chi connectivity index (χ2v) is 5.89. The lowest BCUT2D eigenvalue weighted by molar-refractivity contribution is 0.0781. The van der Waals surface area contributed by atoms with Crippen molar-refractivity contribution in [2.45, 2.75) is 6.54 Å². The number of hydrogen-bond acceptors (Lipinski definition) is 4. The van der Waals surface area contributed by atoms with Crippen molar-refractivity contribution in [3.05, 3.63) is 88.8 Å². The molecule has 0 radical (unpaired) electrons. The fourth-order valence-electron chi connectivity index (χ4n) is 2.61. The molecule has 1 heterocycles. The van der Waals surface area contributed by atoms with Gasteiger partial charge in [0, 0.05) is 19.0 Å². The van der Waals surface area contributed by atoms with Crippen LogP contribution in [0.15, 0.2) is 76.5 Å². The van der Waals surface area contributed by atoms with E-state index in [0.29, 0.717) is 24.1 Å². The molecular weight excluding hydrogens is 330 g/mol. The molecule has 0 saturated heterocycles. The minimum absolute atomic E-state index is 0.0251. The summed E-state index contributed by atoms with van der Waals surface area (Å²) < 4.78 is 10.7. The van der Waals surface area contributed by atoms with Gasteiger partial charge < -0.3 is 14.1 Å². The number of nitrogens with zero attached hydrogens (tertiary/aromatic N) is 1. The highest BCUT2D eigenvalue weighted by Crippen LogP contribution is 2.16. The molecule has 0 N–H and O–H groups in total. The molecule has 0 bridgehead atoms. The van der Waals surface area contributed by atoms with Crippen LogP contribution >= 0.6 is 0 Å². The zero-order valence-electron chi connectivity index (χ0n) is 14.5. The van der Waals surface area contributed by atoms with E-state index in [1.165, 1.54) is 4.90 Å². The van der Waals surface area contributed by atoms with Gasteiger partial charge in [0.1, 0.15) is 23.5 Å². The topological polar surface area (TPSA) is 59.8 Å². The molecule has 5 nitrogen and oxygen atoms in total. The maximum atomic E-state index is 12.7. The van der Waals surface area contributed by atoms with Gasteiger partial charge in [-0.25, -0.2) is 4.79 Å². The average Bonchev–Trinajstić information content (AvgIpc) is 2.66. The Bertz CT molecular complexity index is 989. The summed E-state index contributed by atoms with van der Waals surface area (Å²) in [5.41, 5.74) is 0.787. The predicted molar refractivity (Wildman–Crippen MR) is 100 cm³/mol. The van der Waals surface area contributed by atoms with Crippen molar-refractivity contribution in [3.63, 3.8) is 0 Å². The molecule has 0 aliphatic rings. The van der Waals surface area contributed by atoms with E-state index in [1.807, 2.05) is 30.3 Å². The van der Waals surface area contributed by atoms with Crippen molar-refractivity contribution in [1.29, 1.82) is 0 Å². The third kappa shape index (κ3) is 3.83. The molecule has 132 valence electrons. The number of rotatable bonds is 6. The van der Waals surface area contributed by atoms with Crippen LogP contribution < -0.4 is 10.4 Å². The van der Waals surface area contributed by atoms with Gasteiger partial charge in [-0.15, -0.1) is 0 Å². The largest absolute Gasteiger partial charge is 0.490 e. The lowest BCUT2D eigenvalue weighted by atomic mass is 10.1. The molecule has 26 heavy (non-hydrogen) atoms. The van der Waals surface area contributed by atoms with Gasteiger partial charge in [0.2, 0.25) is 0 Å². The number of amides is 1. The van der Waals surface area contributed by atoms with E-state index >= 15 is 0 Å². The van der Waals surface area contributed by atoms with Crippen molar-refractivity contribution < 1.29 is 13.9 Å². The van der Waals surface area contributed by atoms with E-state index in [2.05, 4.69) is 6.58 Å². The summed E-state index contributed by atoms with van der Waals surface area (Å²) in [5.74, 6) is 0.356. The van der Waals surface area contributed by atoms with Crippen LogP contribution in [0, 0.1) is 0 Å². The number of carbonyl (C=O) groups excluding carboxylic acids is 1. The first-order valence-corrected chi connectivity index (χ1v) is 8.19. The minimum Gasteiger partial charge on any atom is -0.490 e. The number of carbonyl (C=O) groups is 1. The van der Waals surface area contributed by atoms with Gasteiger partial charge in [-0.1, -0.05) is 43.0 Å². The second-order valence-electron chi connectivity index (χ2n) is 5.89. The molecule has 0 saturated carbocycles. The number of ether oxygens (including phenoxy) is 1. The van der Waals surface area contributed by atoms with E-state index in [4.69, 9.17) is 9.15 Å². The van der Waals surface area contributed by atoms with Gasteiger partial charge in [-0.05, 0) is 29.8 Å².